The second-order valence-electron chi connectivity index (χ2n) is 3.76. The first-order valence-corrected chi connectivity index (χ1v) is 5.21. The molecule has 0 aliphatic carbocycles. The highest BCUT2D eigenvalue weighted by molar-refractivity contribution is 5.44. The standard InChI is InChI=1S/C13H11F2NO2/c14-10-6-13(11(15)5-12(10)16)18-7-8-2-1-3-9(17)4-8/h1-6,17H,7,16H2. The Bertz CT molecular complexity index is 573. The molecule has 2 rings (SSSR count). The molecule has 0 aliphatic rings. The van der Waals surface area contributed by atoms with Gasteiger partial charge < -0.3 is 15.6 Å². The van der Waals surface area contributed by atoms with E-state index in [4.69, 9.17) is 10.5 Å². The molecule has 3 N–H and O–H groups in total. The SMILES string of the molecule is Nc1cc(F)c(OCc2cccc(O)c2)cc1F. The van der Waals surface area contributed by atoms with E-state index in [2.05, 4.69) is 0 Å². The highest BCUT2D eigenvalue weighted by Gasteiger charge is 2.09. The summed E-state index contributed by atoms with van der Waals surface area (Å²) in [6, 6.07) is 8.08. The number of anilines is 1. The summed E-state index contributed by atoms with van der Waals surface area (Å²) in [5.41, 5.74) is 5.59. The van der Waals surface area contributed by atoms with Gasteiger partial charge in [-0.3, -0.25) is 0 Å². The van der Waals surface area contributed by atoms with E-state index in [1.54, 1.807) is 12.1 Å². The Morgan fingerprint density at radius 1 is 1.11 bits per heavy atom. The molecule has 94 valence electrons. The molecule has 0 saturated carbocycles. The van der Waals surface area contributed by atoms with Gasteiger partial charge in [0.15, 0.2) is 11.6 Å². The Hall–Kier alpha value is -2.30. The van der Waals surface area contributed by atoms with E-state index in [-0.39, 0.29) is 23.8 Å². The van der Waals surface area contributed by atoms with E-state index < -0.39 is 11.6 Å². The van der Waals surface area contributed by atoms with E-state index in [0.29, 0.717) is 5.56 Å². The van der Waals surface area contributed by atoms with Crippen LogP contribution in [0.1, 0.15) is 5.56 Å². The van der Waals surface area contributed by atoms with Gasteiger partial charge in [-0.2, -0.15) is 0 Å². The highest BCUT2D eigenvalue weighted by atomic mass is 19.1. The average molecular weight is 251 g/mol. The maximum absolute atomic E-state index is 13.4. The third-order valence-corrected chi connectivity index (χ3v) is 2.36. The minimum atomic E-state index is -0.734. The van der Waals surface area contributed by atoms with Crippen LogP contribution in [0, 0.1) is 11.6 Å². The Kier molecular flexibility index (Phi) is 3.32. The van der Waals surface area contributed by atoms with E-state index in [0.717, 1.165) is 12.1 Å². The van der Waals surface area contributed by atoms with Crippen LogP contribution in [-0.2, 0) is 6.61 Å². The number of phenols is 1. The van der Waals surface area contributed by atoms with Crippen molar-refractivity contribution in [1.82, 2.24) is 0 Å². The molecule has 0 radical (unpaired) electrons. The average Bonchev–Trinajstić information content (AvgIpc) is 2.32. The van der Waals surface area contributed by atoms with Gasteiger partial charge >= 0.3 is 0 Å². The van der Waals surface area contributed by atoms with Crippen molar-refractivity contribution in [3.63, 3.8) is 0 Å². The maximum Gasteiger partial charge on any atom is 0.167 e. The van der Waals surface area contributed by atoms with Gasteiger partial charge in [-0.1, -0.05) is 12.1 Å². The molecule has 0 saturated heterocycles. The monoisotopic (exact) mass is 251 g/mol. The number of halogens is 2. The molecule has 0 amide bonds. The summed E-state index contributed by atoms with van der Waals surface area (Å²) >= 11 is 0. The van der Waals surface area contributed by atoms with Crippen molar-refractivity contribution in [3.8, 4) is 11.5 Å². The molecule has 0 bridgehead atoms. The lowest BCUT2D eigenvalue weighted by Gasteiger charge is -2.08. The molecule has 0 heterocycles. The fourth-order valence-electron chi connectivity index (χ4n) is 1.46. The first-order chi connectivity index (χ1) is 8.56. The molecule has 0 atom stereocenters. The van der Waals surface area contributed by atoms with E-state index in [1.807, 2.05) is 0 Å². The highest BCUT2D eigenvalue weighted by Crippen LogP contribution is 2.24. The van der Waals surface area contributed by atoms with Crippen molar-refractivity contribution in [3.05, 3.63) is 53.6 Å². The Morgan fingerprint density at radius 3 is 2.61 bits per heavy atom. The number of aromatic hydroxyl groups is 1. The van der Waals surface area contributed by atoms with Gasteiger partial charge in [0.1, 0.15) is 18.2 Å². The molecule has 18 heavy (non-hydrogen) atoms. The number of phenolic OH excluding ortho intramolecular Hbond substituents is 1. The van der Waals surface area contributed by atoms with Crippen LogP contribution >= 0.6 is 0 Å². The van der Waals surface area contributed by atoms with Gasteiger partial charge in [-0.25, -0.2) is 8.78 Å². The lowest BCUT2D eigenvalue weighted by atomic mass is 10.2. The van der Waals surface area contributed by atoms with Crippen molar-refractivity contribution in [2.24, 2.45) is 0 Å². The van der Waals surface area contributed by atoms with Crippen LogP contribution in [0.5, 0.6) is 11.5 Å². The van der Waals surface area contributed by atoms with Crippen molar-refractivity contribution in [2.45, 2.75) is 6.61 Å². The summed E-state index contributed by atoms with van der Waals surface area (Å²) in [7, 11) is 0. The largest absolute Gasteiger partial charge is 0.508 e. The number of hydrogen-bond donors (Lipinski definition) is 2. The Morgan fingerprint density at radius 2 is 1.89 bits per heavy atom. The number of hydrogen-bond acceptors (Lipinski definition) is 3. The molecular weight excluding hydrogens is 240 g/mol. The van der Waals surface area contributed by atoms with Crippen LogP contribution in [0.2, 0.25) is 0 Å². The number of rotatable bonds is 3. The lowest BCUT2D eigenvalue weighted by Crippen LogP contribution is -2.00. The summed E-state index contributed by atoms with van der Waals surface area (Å²) < 4.78 is 31.7. The topological polar surface area (TPSA) is 55.5 Å². The van der Waals surface area contributed by atoms with Crippen molar-refractivity contribution in [2.75, 3.05) is 5.73 Å². The molecule has 0 spiro atoms. The van der Waals surface area contributed by atoms with Crippen molar-refractivity contribution >= 4 is 5.69 Å². The Labute approximate surface area is 102 Å². The number of ether oxygens (including phenoxy) is 1. The molecule has 3 nitrogen and oxygen atoms in total. The zero-order valence-corrected chi connectivity index (χ0v) is 9.36. The third-order valence-electron chi connectivity index (χ3n) is 2.36. The summed E-state index contributed by atoms with van der Waals surface area (Å²) in [4.78, 5) is 0. The molecule has 0 aromatic heterocycles. The van der Waals surface area contributed by atoms with E-state index in [1.165, 1.54) is 12.1 Å². The predicted molar refractivity (Wildman–Crippen MR) is 63.2 cm³/mol. The quantitative estimate of drug-likeness (QED) is 0.825. The maximum atomic E-state index is 13.4. The molecule has 0 fully saturated rings. The van der Waals surface area contributed by atoms with Gasteiger partial charge in [0.25, 0.3) is 0 Å². The second kappa shape index (κ2) is 4.91. The minimum absolute atomic E-state index is 0.0225. The zero-order valence-electron chi connectivity index (χ0n) is 9.36. The first-order valence-electron chi connectivity index (χ1n) is 5.21. The molecule has 2 aromatic carbocycles. The van der Waals surface area contributed by atoms with Crippen molar-refractivity contribution in [1.29, 1.82) is 0 Å². The van der Waals surface area contributed by atoms with Crippen LogP contribution < -0.4 is 10.5 Å². The fraction of sp³-hybridized carbons (Fsp3) is 0.0769. The molecule has 2 aromatic rings. The molecular formula is C13H11F2NO2. The van der Waals surface area contributed by atoms with Gasteiger partial charge in [0, 0.05) is 12.1 Å². The minimum Gasteiger partial charge on any atom is -0.508 e. The van der Waals surface area contributed by atoms with Gasteiger partial charge in [-0.05, 0) is 17.7 Å². The first kappa shape index (κ1) is 12.2. The number of nitrogens with two attached hydrogens (primary N) is 1. The molecule has 0 unspecified atom stereocenters. The predicted octanol–water partition coefficient (Wildman–Crippen LogP) is 2.83. The van der Waals surface area contributed by atoms with E-state index >= 15 is 0 Å². The van der Waals surface area contributed by atoms with Gasteiger partial charge in [0.05, 0.1) is 5.69 Å². The number of nitrogen functional groups attached to an aromatic ring is 1. The summed E-state index contributed by atoms with van der Waals surface area (Å²) in [6.45, 7) is 0.0225. The van der Waals surface area contributed by atoms with Gasteiger partial charge in [0.2, 0.25) is 0 Å². The van der Waals surface area contributed by atoms with Crippen LogP contribution in [0.4, 0.5) is 14.5 Å². The van der Waals surface area contributed by atoms with E-state index in [9.17, 15) is 13.9 Å². The van der Waals surface area contributed by atoms with Crippen LogP contribution in [0.25, 0.3) is 0 Å². The Balaban J connectivity index is 2.13. The lowest BCUT2D eigenvalue weighted by molar-refractivity contribution is 0.288. The van der Waals surface area contributed by atoms with Crippen LogP contribution in [0.3, 0.4) is 0 Å². The zero-order chi connectivity index (χ0) is 13.1. The summed E-state index contributed by atoms with van der Waals surface area (Å²) in [6.07, 6.45) is 0. The second-order valence-corrected chi connectivity index (χ2v) is 3.76. The van der Waals surface area contributed by atoms with Crippen LogP contribution in [-0.4, -0.2) is 5.11 Å². The fourth-order valence-corrected chi connectivity index (χ4v) is 1.46. The number of benzene rings is 2. The van der Waals surface area contributed by atoms with Crippen LogP contribution in [0.15, 0.2) is 36.4 Å². The summed E-state index contributed by atoms with van der Waals surface area (Å²) in [5.74, 6) is -1.60. The third kappa shape index (κ3) is 2.68. The normalized spacial score (nSPS) is 10.3. The van der Waals surface area contributed by atoms with Gasteiger partial charge in [-0.15, -0.1) is 0 Å². The molecule has 0 aliphatic heterocycles. The summed E-state index contributed by atoms with van der Waals surface area (Å²) in [5, 5.41) is 9.24. The smallest absolute Gasteiger partial charge is 0.167 e. The van der Waals surface area contributed by atoms with Crippen molar-refractivity contribution < 1.29 is 18.6 Å². The molecule has 5 heteroatoms.